The molecule has 0 fully saturated rings. The molecule has 0 bridgehead atoms. The van der Waals surface area contributed by atoms with Gasteiger partial charge >= 0.3 is 5.97 Å². The van der Waals surface area contributed by atoms with E-state index < -0.39 is 21.5 Å². The van der Waals surface area contributed by atoms with Gasteiger partial charge in [0.25, 0.3) is 10.1 Å². The second-order valence-corrected chi connectivity index (χ2v) is 17.6. The van der Waals surface area contributed by atoms with Crippen molar-refractivity contribution in [2.75, 3.05) is 18.5 Å². The third-order valence-corrected chi connectivity index (χ3v) is 12.6. The molecule has 0 saturated heterocycles. The second-order valence-electron chi connectivity index (χ2n) is 16.2. The Labute approximate surface area is 334 Å². The van der Waals surface area contributed by atoms with Crippen LogP contribution in [0.5, 0.6) is 5.75 Å². The van der Waals surface area contributed by atoms with Crippen LogP contribution in [0.3, 0.4) is 0 Å². The Balaban J connectivity index is 1.29. The molecule has 0 amide bonds. The zero-order valence-corrected chi connectivity index (χ0v) is 34.0. The molecule has 296 valence electrons. The van der Waals surface area contributed by atoms with Gasteiger partial charge in [0.2, 0.25) is 5.69 Å². The van der Waals surface area contributed by atoms with E-state index in [2.05, 4.69) is 105 Å². The van der Waals surface area contributed by atoms with Crippen LogP contribution in [0.25, 0.3) is 10.8 Å². The number of carboxylic acid groups (broad SMARTS) is 1. The summed E-state index contributed by atoms with van der Waals surface area (Å²) in [5.74, 6) is 0.00964. The Morgan fingerprint density at radius 3 is 2.40 bits per heavy atom. The average molecular weight is 790 g/mol. The fourth-order valence-electron chi connectivity index (χ4n) is 8.81. The molecule has 0 radical (unpaired) electrons. The molecule has 0 unspecified atom stereocenters. The van der Waals surface area contributed by atoms with Crippen LogP contribution < -0.4 is 9.64 Å². The van der Waals surface area contributed by atoms with Crippen molar-refractivity contribution in [2.24, 2.45) is 0 Å². The van der Waals surface area contributed by atoms with Crippen LogP contribution in [0.2, 0.25) is 0 Å². The highest BCUT2D eigenvalue weighted by Crippen LogP contribution is 2.49. The monoisotopic (exact) mass is 789 g/mol. The number of fused-ring (bicyclic) bond motifs is 4. The molecular weight excluding hydrogens is 740 g/mol. The fourth-order valence-corrected chi connectivity index (χ4v) is 9.29. The van der Waals surface area contributed by atoms with Crippen molar-refractivity contribution in [3.8, 4) is 5.75 Å². The predicted molar refractivity (Wildman–Crippen MR) is 224 cm³/mol. The Kier molecular flexibility index (Phi) is 10.9. The van der Waals surface area contributed by atoms with Gasteiger partial charge in [0, 0.05) is 47.5 Å². The molecule has 57 heavy (non-hydrogen) atoms. The maximum Gasteiger partial charge on any atom is 0.303 e. The second kappa shape index (κ2) is 15.6. The van der Waals surface area contributed by atoms with Crippen LogP contribution in [0.4, 0.5) is 15.8 Å². The molecule has 3 aliphatic rings. The number of hydrogen-bond acceptors (Lipinski definition) is 5. The van der Waals surface area contributed by atoms with E-state index in [1.54, 1.807) is 18.2 Å². The fraction of sp³-hybridized carbons (Fsp3) is 0.319. The van der Waals surface area contributed by atoms with E-state index in [4.69, 9.17) is 9.84 Å². The van der Waals surface area contributed by atoms with E-state index in [0.717, 1.165) is 65.9 Å². The summed E-state index contributed by atoms with van der Waals surface area (Å²) in [7, 11) is -2.27. The first kappa shape index (κ1) is 39.9. The SMILES string of the molecule is C[N+]1=C(C=CC2=C(Oc3ccc(S(=O)(=O)O)cc3)C(=CC=C3N(CCCCCC(=O)O)c4ccc(F)cc4C3(C)C)CCC2)C(C)(C)c2c1ccc1ccccc21. The quantitative estimate of drug-likeness (QED) is 0.0836. The van der Waals surface area contributed by atoms with Gasteiger partial charge in [-0.25, -0.2) is 4.39 Å². The zero-order chi connectivity index (χ0) is 40.7. The van der Waals surface area contributed by atoms with Crippen molar-refractivity contribution in [1.29, 1.82) is 0 Å². The lowest BCUT2D eigenvalue weighted by molar-refractivity contribution is -0.401. The lowest BCUT2D eigenvalue weighted by Gasteiger charge is -2.27. The van der Waals surface area contributed by atoms with Crippen LogP contribution >= 0.6 is 0 Å². The largest absolute Gasteiger partial charge is 0.481 e. The zero-order valence-electron chi connectivity index (χ0n) is 33.2. The molecule has 0 saturated carbocycles. The van der Waals surface area contributed by atoms with Crippen molar-refractivity contribution >= 4 is 43.9 Å². The van der Waals surface area contributed by atoms with E-state index in [1.165, 1.54) is 40.2 Å². The Morgan fingerprint density at radius 2 is 1.67 bits per heavy atom. The molecule has 1 aliphatic carbocycles. The first-order chi connectivity index (χ1) is 27.1. The molecule has 2 aliphatic heterocycles. The van der Waals surface area contributed by atoms with E-state index >= 15 is 0 Å². The normalized spacial score (nSPS) is 19.0. The minimum atomic E-state index is -4.38. The molecule has 8 nitrogen and oxygen atoms in total. The van der Waals surface area contributed by atoms with Crippen molar-refractivity contribution in [1.82, 2.24) is 0 Å². The molecule has 4 aromatic carbocycles. The third kappa shape index (κ3) is 7.85. The van der Waals surface area contributed by atoms with Gasteiger partial charge in [0.15, 0.2) is 5.71 Å². The minimum Gasteiger partial charge on any atom is -0.481 e. The van der Waals surface area contributed by atoms with Crippen LogP contribution in [-0.4, -0.2) is 47.9 Å². The molecule has 0 atom stereocenters. The molecule has 2 heterocycles. The highest BCUT2D eigenvalue weighted by Gasteiger charge is 2.44. The molecule has 0 spiro atoms. The smallest absolute Gasteiger partial charge is 0.303 e. The highest BCUT2D eigenvalue weighted by molar-refractivity contribution is 7.85. The molecule has 7 rings (SSSR count). The van der Waals surface area contributed by atoms with Gasteiger partial charge in [0.1, 0.15) is 24.4 Å². The van der Waals surface area contributed by atoms with Gasteiger partial charge in [0.05, 0.1) is 10.3 Å². The number of rotatable bonds is 12. The number of halogens is 1. The highest BCUT2D eigenvalue weighted by atomic mass is 32.2. The van der Waals surface area contributed by atoms with E-state index in [1.807, 2.05) is 6.07 Å². The van der Waals surface area contributed by atoms with Crippen molar-refractivity contribution < 1.29 is 36.6 Å². The Bertz CT molecular complexity index is 2530. The number of hydrogen-bond donors (Lipinski definition) is 2. The summed E-state index contributed by atoms with van der Waals surface area (Å²) in [5, 5.41) is 11.6. The summed E-state index contributed by atoms with van der Waals surface area (Å²) >= 11 is 0. The summed E-state index contributed by atoms with van der Waals surface area (Å²) in [6.45, 7) is 9.36. The number of ether oxygens (including phenoxy) is 1. The number of nitrogens with zero attached hydrogens (tertiary/aromatic N) is 2. The standard InChI is InChI=1S/C47H49FN2O6S/c1-46(2)38-30-34(48)20-26-39(38)50(29-10-6-7-16-43(51)52)42(46)28-19-33-14-11-13-32(45(33)56-35-21-23-36(24-22-35)57(53,54)55)18-27-41-47(3,4)44-37-15-9-8-12-31(37)17-25-40(44)49(41)5/h8-9,12,15,17-28,30H,6-7,10-11,13-14,16,29H2,1-5H3,(H-,51,52,53,54,55)/p+1. The number of carboxylic acids is 1. The van der Waals surface area contributed by atoms with Crippen LogP contribution in [0, 0.1) is 5.82 Å². The van der Waals surface area contributed by atoms with Gasteiger partial charge in [-0.1, -0.05) is 50.6 Å². The summed E-state index contributed by atoms with van der Waals surface area (Å²) in [5.41, 5.74) is 7.60. The minimum absolute atomic E-state index is 0.128. The van der Waals surface area contributed by atoms with Gasteiger partial charge in [-0.05, 0) is 134 Å². The summed E-state index contributed by atoms with van der Waals surface area (Å²) in [4.78, 5) is 13.1. The van der Waals surface area contributed by atoms with Gasteiger partial charge in [-0.3, -0.25) is 9.35 Å². The number of benzene rings is 4. The first-order valence-corrected chi connectivity index (χ1v) is 21.0. The summed E-state index contributed by atoms with van der Waals surface area (Å²) < 4.78 is 56.9. The maximum absolute atomic E-state index is 14.7. The molecule has 0 aromatic heterocycles. The van der Waals surface area contributed by atoms with Crippen LogP contribution in [0.1, 0.15) is 83.8 Å². The third-order valence-electron chi connectivity index (χ3n) is 11.7. The van der Waals surface area contributed by atoms with Gasteiger partial charge in [-0.2, -0.15) is 13.0 Å². The number of carbonyl (C=O) groups is 1. The van der Waals surface area contributed by atoms with E-state index in [-0.39, 0.29) is 22.5 Å². The molecular formula is C47H50FN2O6S+. The Morgan fingerprint density at radius 1 is 0.912 bits per heavy atom. The summed E-state index contributed by atoms with van der Waals surface area (Å²) in [6, 6.07) is 23.5. The lowest BCUT2D eigenvalue weighted by Crippen LogP contribution is -2.27. The molecule has 2 N–H and O–H groups in total. The van der Waals surface area contributed by atoms with Gasteiger partial charge < -0.3 is 14.7 Å². The lowest BCUT2D eigenvalue weighted by atomic mass is 9.78. The van der Waals surface area contributed by atoms with Crippen molar-refractivity contribution in [3.05, 3.63) is 143 Å². The number of anilines is 1. The van der Waals surface area contributed by atoms with E-state index in [0.29, 0.717) is 24.5 Å². The average Bonchev–Trinajstić information content (AvgIpc) is 3.50. The Hall–Kier alpha value is -5.32. The van der Waals surface area contributed by atoms with Crippen LogP contribution in [0.15, 0.2) is 131 Å². The molecule has 10 heteroatoms. The van der Waals surface area contributed by atoms with Crippen molar-refractivity contribution in [2.45, 2.75) is 88.4 Å². The number of unbranched alkanes of at least 4 members (excludes halogenated alkanes) is 2. The number of allylic oxidation sites excluding steroid dienone is 7. The number of aliphatic carboxylic acids is 1. The maximum atomic E-state index is 14.7. The summed E-state index contributed by atoms with van der Waals surface area (Å²) in [6.07, 6.45) is 13.2. The molecule has 4 aromatic rings. The topological polar surface area (TPSA) is 107 Å². The van der Waals surface area contributed by atoms with Crippen LogP contribution in [-0.2, 0) is 25.7 Å². The van der Waals surface area contributed by atoms with E-state index in [9.17, 15) is 22.2 Å². The van der Waals surface area contributed by atoms with Crippen molar-refractivity contribution in [3.63, 3.8) is 0 Å². The van der Waals surface area contributed by atoms with Gasteiger partial charge in [-0.15, -0.1) is 0 Å². The predicted octanol–water partition coefficient (Wildman–Crippen LogP) is 10.6. The first-order valence-electron chi connectivity index (χ1n) is 19.6.